The zero-order valence-electron chi connectivity index (χ0n) is 13.9. The van der Waals surface area contributed by atoms with Gasteiger partial charge in [-0.2, -0.15) is 0 Å². The van der Waals surface area contributed by atoms with Crippen LogP contribution < -0.4 is 0 Å². The maximum atomic E-state index is 12.1. The van der Waals surface area contributed by atoms with Crippen LogP contribution >= 0.6 is 0 Å². The first kappa shape index (κ1) is 17.9. The molecule has 1 fully saturated rings. The number of rotatable bonds is 4. The topological polar surface area (TPSA) is 99.0 Å². The molecule has 1 aliphatic rings. The Morgan fingerprint density at radius 3 is 2.50 bits per heavy atom. The van der Waals surface area contributed by atoms with E-state index in [-0.39, 0.29) is 36.0 Å². The number of nitro benzene ring substituents is 1. The van der Waals surface area contributed by atoms with Crippen LogP contribution in [0.25, 0.3) is 0 Å². The quantitative estimate of drug-likeness (QED) is 0.471. The van der Waals surface area contributed by atoms with E-state index in [0.717, 1.165) is 0 Å². The third-order valence-electron chi connectivity index (χ3n) is 3.73. The summed E-state index contributed by atoms with van der Waals surface area (Å²) in [6.07, 6.45) is -0.128. The Balaban J connectivity index is 1.94. The van der Waals surface area contributed by atoms with E-state index in [1.807, 2.05) is 13.8 Å². The summed E-state index contributed by atoms with van der Waals surface area (Å²) in [5.74, 6) is -0.973. The molecule has 1 amide bonds. The van der Waals surface area contributed by atoms with Crippen molar-refractivity contribution in [2.24, 2.45) is 0 Å². The van der Waals surface area contributed by atoms with Gasteiger partial charge in [-0.25, -0.2) is 4.79 Å². The molecule has 2 atom stereocenters. The number of hydrogen-bond acceptors (Lipinski definition) is 6. The maximum Gasteiger partial charge on any atom is 0.338 e. The summed E-state index contributed by atoms with van der Waals surface area (Å²) in [6.45, 7) is 5.84. The second-order valence-electron chi connectivity index (χ2n) is 5.89. The van der Waals surface area contributed by atoms with Crippen LogP contribution in [-0.2, 0) is 14.3 Å². The van der Waals surface area contributed by atoms with Gasteiger partial charge >= 0.3 is 5.97 Å². The minimum Gasteiger partial charge on any atom is -0.452 e. The summed E-state index contributed by atoms with van der Waals surface area (Å²) >= 11 is 0. The molecule has 24 heavy (non-hydrogen) atoms. The summed E-state index contributed by atoms with van der Waals surface area (Å²) in [5, 5.41) is 10.8. The molecule has 8 heteroatoms. The first-order valence-corrected chi connectivity index (χ1v) is 7.63. The predicted molar refractivity (Wildman–Crippen MR) is 84.7 cm³/mol. The fraction of sp³-hybridized carbons (Fsp3) is 0.500. The standard InChI is InChI=1S/C16H20N2O6/c1-10-6-13(4-5-14(10)18(21)22)16(20)23-9-15(19)17-7-11(2)24-12(3)8-17/h4-6,11-12H,7-9H2,1-3H3/t11-,12-/m0/s1. The summed E-state index contributed by atoms with van der Waals surface area (Å²) in [7, 11) is 0. The Kier molecular flexibility index (Phi) is 5.50. The average molecular weight is 336 g/mol. The van der Waals surface area contributed by atoms with Crippen LogP contribution in [0.1, 0.15) is 29.8 Å². The maximum absolute atomic E-state index is 12.1. The molecule has 1 aliphatic heterocycles. The van der Waals surface area contributed by atoms with E-state index in [0.29, 0.717) is 18.7 Å². The van der Waals surface area contributed by atoms with Crippen LogP contribution in [0, 0.1) is 17.0 Å². The molecule has 0 spiro atoms. The number of hydrogen-bond donors (Lipinski definition) is 0. The summed E-state index contributed by atoms with van der Waals surface area (Å²) in [4.78, 5) is 36.0. The Morgan fingerprint density at radius 2 is 1.96 bits per heavy atom. The number of morpholine rings is 1. The van der Waals surface area contributed by atoms with Gasteiger partial charge in [0.1, 0.15) is 0 Å². The average Bonchev–Trinajstić information content (AvgIpc) is 2.50. The van der Waals surface area contributed by atoms with Crippen LogP contribution in [0.2, 0.25) is 0 Å². The molecular weight excluding hydrogens is 316 g/mol. The number of nitrogens with zero attached hydrogens (tertiary/aromatic N) is 2. The fourth-order valence-corrected chi connectivity index (χ4v) is 2.67. The van der Waals surface area contributed by atoms with Crippen molar-refractivity contribution in [3.05, 3.63) is 39.4 Å². The number of carbonyl (C=O) groups is 2. The lowest BCUT2D eigenvalue weighted by Gasteiger charge is -2.35. The van der Waals surface area contributed by atoms with E-state index in [4.69, 9.17) is 9.47 Å². The minimum atomic E-state index is -0.685. The Labute approximate surface area is 139 Å². The molecule has 2 rings (SSSR count). The van der Waals surface area contributed by atoms with Gasteiger partial charge in [0, 0.05) is 24.7 Å². The van der Waals surface area contributed by atoms with Crippen LogP contribution in [0.5, 0.6) is 0 Å². The Hall–Kier alpha value is -2.48. The van der Waals surface area contributed by atoms with Gasteiger partial charge in [0.2, 0.25) is 0 Å². The summed E-state index contributed by atoms with van der Waals surface area (Å²) in [5.41, 5.74) is 0.463. The van der Waals surface area contributed by atoms with Gasteiger partial charge in [-0.3, -0.25) is 14.9 Å². The van der Waals surface area contributed by atoms with Gasteiger partial charge in [-0.15, -0.1) is 0 Å². The zero-order valence-corrected chi connectivity index (χ0v) is 13.9. The molecule has 1 heterocycles. The molecule has 0 aromatic heterocycles. The largest absolute Gasteiger partial charge is 0.452 e. The highest BCUT2D eigenvalue weighted by atomic mass is 16.6. The molecule has 0 radical (unpaired) electrons. The Morgan fingerprint density at radius 1 is 1.33 bits per heavy atom. The number of amides is 1. The first-order valence-electron chi connectivity index (χ1n) is 7.63. The lowest BCUT2D eigenvalue weighted by atomic mass is 10.1. The van der Waals surface area contributed by atoms with Crippen molar-refractivity contribution in [1.29, 1.82) is 0 Å². The van der Waals surface area contributed by atoms with Crippen molar-refractivity contribution in [3.8, 4) is 0 Å². The van der Waals surface area contributed by atoms with Crippen molar-refractivity contribution in [2.45, 2.75) is 33.0 Å². The second kappa shape index (κ2) is 7.39. The monoisotopic (exact) mass is 336 g/mol. The number of nitro groups is 1. The first-order chi connectivity index (χ1) is 11.3. The third kappa shape index (κ3) is 4.29. The minimum absolute atomic E-state index is 0.0641. The molecule has 0 bridgehead atoms. The molecule has 0 N–H and O–H groups in total. The highest BCUT2D eigenvalue weighted by Crippen LogP contribution is 2.19. The highest BCUT2D eigenvalue weighted by molar-refractivity contribution is 5.91. The van der Waals surface area contributed by atoms with Crippen LogP contribution in [0.15, 0.2) is 18.2 Å². The number of carbonyl (C=O) groups excluding carboxylic acids is 2. The molecule has 8 nitrogen and oxygen atoms in total. The normalized spacial score (nSPS) is 20.5. The van der Waals surface area contributed by atoms with Gasteiger partial charge < -0.3 is 14.4 Å². The van der Waals surface area contributed by atoms with Gasteiger partial charge in [-0.1, -0.05) is 0 Å². The Bertz CT molecular complexity index is 650. The molecular formula is C16H20N2O6. The van der Waals surface area contributed by atoms with E-state index >= 15 is 0 Å². The van der Waals surface area contributed by atoms with Gasteiger partial charge in [-0.05, 0) is 32.9 Å². The molecule has 1 saturated heterocycles. The summed E-state index contributed by atoms with van der Waals surface area (Å²) in [6, 6.07) is 3.94. The van der Waals surface area contributed by atoms with Crippen molar-refractivity contribution in [2.75, 3.05) is 19.7 Å². The van der Waals surface area contributed by atoms with Crippen LogP contribution in [-0.4, -0.2) is 53.6 Å². The smallest absolute Gasteiger partial charge is 0.338 e. The van der Waals surface area contributed by atoms with Crippen molar-refractivity contribution >= 4 is 17.6 Å². The SMILES string of the molecule is Cc1cc(C(=O)OCC(=O)N2C[C@H](C)O[C@@H](C)C2)ccc1[N+](=O)[O-]. The van der Waals surface area contributed by atoms with Gasteiger partial charge in [0.15, 0.2) is 6.61 Å². The molecule has 1 aromatic rings. The molecule has 0 unspecified atom stereocenters. The molecule has 130 valence electrons. The molecule has 0 saturated carbocycles. The summed E-state index contributed by atoms with van der Waals surface area (Å²) < 4.78 is 10.6. The molecule has 0 aliphatic carbocycles. The lowest BCUT2D eigenvalue weighted by molar-refractivity contribution is -0.385. The number of esters is 1. The highest BCUT2D eigenvalue weighted by Gasteiger charge is 2.26. The van der Waals surface area contributed by atoms with E-state index in [1.165, 1.54) is 25.1 Å². The van der Waals surface area contributed by atoms with Crippen molar-refractivity contribution < 1.29 is 24.0 Å². The van der Waals surface area contributed by atoms with E-state index in [1.54, 1.807) is 4.90 Å². The second-order valence-corrected chi connectivity index (χ2v) is 5.89. The van der Waals surface area contributed by atoms with E-state index in [2.05, 4.69) is 0 Å². The van der Waals surface area contributed by atoms with Crippen LogP contribution in [0.4, 0.5) is 5.69 Å². The number of aryl methyl sites for hydroxylation is 1. The van der Waals surface area contributed by atoms with Crippen molar-refractivity contribution in [3.63, 3.8) is 0 Å². The van der Waals surface area contributed by atoms with Gasteiger partial charge in [0.05, 0.1) is 22.7 Å². The fourth-order valence-electron chi connectivity index (χ4n) is 2.67. The molecule has 1 aromatic carbocycles. The van der Waals surface area contributed by atoms with E-state index in [9.17, 15) is 19.7 Å². The number of ether oxygens (including phenoxy) is 2. The van der Waals surface area contributed by atoms with Crippen LogP contribution in [0.3, 0.4) is 0 Å². The van der Waals surface area contributed by atoms with Crippen molar-refractivity contribution in [1.82, 2.24) is 4.90 Å². The lowest BCUT2D eigenvalue weighted by Crippen LogP contribution is -2.49. The predicted octanol–water partition coefficient (Wildman–Crippen LogP) is 1.70. The van der Waals surface area contributed by atoms with Gasteiger partial charge in [0.25, 0.3) is 11.6 Å². The number of benzene rings is 1. The van der Waals surface area contributed by atoms with E-state index < -0.39 is 10.9 Å². The zero-order chi connectivity index (χ0) is 17.9. The third-order valence-corrected chi connectivity index (χ3v) is 3.73.